The van der Waals surface area contributed by atoms with Crippen LogP contribution in [-0.4, -0.2) is 65.3 Å². The number of hydrogen-bond donors (Lipinski definition) is 2. The van der Waals surface area contributed by atoms with E-state index in [0.717, 1.165) is 18.4 Å². The Bertz CT molecular complexity index is 927. The lowest BCUT2D eigenvalue weighted by Gasteiger charge is -2.23. The van der Waals surface area contributed by atoms with Gasteiger partial charge in [0.25, 0.3) is 0 Å². The summed E-state index contributed by atoms with van der Waals surface area (Å²) >= 11 is 0. The van der Waals surface area contributed by atoms with E-state index in [0.29, 0.717) is 42.6 Å². The van der Waals surface area contributed by atoms with Gasteiger partial charge >= 0.3 is 0 Å². The number of nitrogens with one attached hydrogen (secondary N) is 2. The number of aryl methyl sites for hydroxylation is 1. The molecule has 1 aromatic carbocycles. The highest BCUT2D eigenvalue weighted by molar-refractivity contribution is 7.90. The fraction of sp³-hybridized carbons (Fsp3) is 0.611. The molecular weight excluding hydrogens is 400 g/mol. The number of rotatable bonds is 7. The fourth-order valence-corrected chi connectivity index (χ4v) is 5.54. The molecule has 1 aliphatic heterocycles. The summed E-state index contributed by atoms with van der Waals surface area (Å²) in [5, 5.41) is 6.38. The molecule has 1 fully saturated rings. The summed E-state index contributed by atoms with van der Waals surface area (Å²) in [6.07, 6.45) is 4.13. The van der Waals surface area contributed by atoms with Crippen molar-refractivity contribution in [3.05, 3.63) is 29.3 Å². The first kappa shape index (κ1) is 22.6. The molecule has 1 aliphatic rings. The molecule has 10 heteroatoms. The highest BCUT2D eigenvalue weighted by Crippen LogP contribution is 2.20. The summed E-state index contributed by atoms with van der Waals surface area (Å²) in [6, 6.07) is 5.12. The Kier molecular flexibility index (Phi) is 7.46. The van der Waals surface area contributed by atoms with E-state index in [1.54, 1.807) is 19.1 Å². The van der Waals surface area contributed by atoms with Crippen molar-refractivity contribution in [2.24, 2.45) is 4.99 Å². The van der Waals surface area contributed by atoms with Crippen molar-refractivity contribution in [3.8, 4) is 0 Å². The fourth-order valence-electron chi connectivity index (χ4n) is 3.40. The Morgan fingerprint density at radius 1 is 1.21 bits per heavy atom. The van der Waals surface area contributed by atoms with E-state index in [4.69, 9.17) is 0 Å². The Morgan fingerprint density at radius 2 is 1.93 bits per heavy atom. The molecule has 1 saturated heterocycles. The molecule has 0 spiro atoms. The number of hydrogen-bond acceptors (Lipinski definition) is 5. The SMILES string of the molecule is CCNC(=NCc1ccc(S(C)(=O)=O)c(C)c1)NC[C@H]1CCCN1S(C)(=O)=O. The molecule has 158 valence electrons. The van der Waals surface area contributed by atoms with Crippen LogP contribution < -0.4 is 10.6 Å². The van der Waals surface area contributed by atoms with Crippen molar-refractivity contribution in [2.45, 2.75) is 44.2 Å². The van der Waals surface area contributed by atoms with Crippen LogP contribution in [0.3, 0.4) is 0 Å². The summed E-state index contributed by atoms with van der Waals surface area (Å²) in [7, 11) is -6.44. The summed E-state index contributed by atoms with van der Waals surface area (Å²) < 4.78 is 48.7. The second kappa shape index (κ2) is 9.23. The standard InChI is InChI=1S/C18H30N4O4S2/c1-5-19-18(21-13-16-7-6-10-22(16)28(4,25)26)20-12-15-8-9-17(14(2)11-15)27(3,23)24/h8-9,11,16H,5-7,10,12-13H2,1-4H3,(H2,19,20,21)/t16-/m1/s1. The maximum absolute atomic E-state index is 11.9. The predicted molar refractivity (Wildman–Crippen MR) is 112 cm³/mol. The highest BCUT2D eigenvalue weighted by Gasteiger charge is 2.31. The minimum absolute atomic E-state index is 0.0739. The molecule has 0 bridgehead atoms. The van der Waals surface area contributed by atoms with E-state index in [1.807, 2.05) is 13.0 Å². The van der Waals surface area contributed by atoms with Crippen LogP contribution in [0.5, 0.6) is 0 Å². The van der Waals surface area contributed by atoms with Gasteiger partial charge in [-0.3, -0.25) is 0 Å². The summed E-state index contributed by atoms with van der Waals surface area (Å²) in [5.41, 5.74) is 1.60. The minimum Gasteiger partial charge on any atom is -0.357 e. The number of nitrogens with zero attached hydrogens (tertiary/aromatic N) is 2. The summed E-state index contributed by atoms with van der Waals surface area (Å²) in [5.74, 6) is 0.604. The van der Waals surface area contributed by atoms with Crippen molar-refractivity contribution in [1.29, 1.82) is 0 Å². The molecule has 8 nitrogen and oxygen atoms in total. The van der Waals surface area contributed by atoms with Crippen LogP contribution in [0.1, 0.15) is 30.9 Å². The van der Waals surface area contributed by atoms with Crippen molar-refractivity contribution >= 4 is 25.8 Å². The van der Waals surface area contributed by atoms with Gasteiger partial charge in [-0.1, -0.05) is 12.1 Å². The number of sulfonamides is 1. The molecular formula is C18H30N4O4S2. The zero-order valence-electron chi connectivity index (χ0n) is 16.9. The van der Waals surface area contributed by atoms with Crippen molar-refractivity contribution in [3.63, 3.8) is 0 Å². The normalized spacial score (nSPS) is 19.0. The maximum atomic E-state index is 11.9. The molecule has 2 N–H and O–H groups in total. The van der Waals surface area contributed by atoms with Gasteiger partial charge in [0.1, 0.15) is 0 Å². The first-order valence-electron chi connectivity index (χ1n) is 9.31. The van der Waals surface area contributed by atoms with E-state index >= 15 is 0 Å². The third-order valence-corrected chi connectivity index (χ3v) is 7.25. The lowest BCUT2D eigenvalue weighted by Crippen LogP contribution is -2.46. The molecule has 0 saturated carbocycles. The van der Waals surface area contributed by atoms with Gasteiger partial charge in [0.2, 0.25) is 10.0 Å². The van der Waals surface area contributed by atoms with E-state index in [2.05, 4.69) is 15.6 Å². The average Bonchev–Trinajstić information content (AvgIpc) is 3.05. The van der Waals surface area contributed by atoms with Gasteiger partial charge in [-0.2, -0.15) is 4.31 Å². The van der Waals surface area contributed by atoms with Crippen LogP contribution in [0.4, 0.5) is 0 Å². The quantitative estimate of drug-likeness (QED) is 0.491. The lowest BCUT2D eigenvalue weighted by molar-refractivity contribution is 0.387. The molecule has 0 amide bonds. The molecule has 1 atom stereocenters. The molecule has 0 radical (unpaired) electrons. The molecule has 0 unspecified atom stereocenters. The van der Waals surface area contributed by atoms with Gasteiger partial charge in [-0.15, -0.1) is 0 Å². The van der Waals surface area contributed by atoms with Crippen LogP contribution in [0.15, 0.2) is 28.1 Å². The van der Waals surface area contributed by atoms with Gasteiger partial charge in [-0.25, -0.2) is 21.8 Å². The van der Waals surface area contributed by atoms with Crippen LogP contribution in [0.25, 0.3) is 0 Å². The third kappa shape index (κ3) is 6.18. The Balaban J connectivity index is 2.05. The third-order valence-electron chi connectivity index (χ3n) is 4.66. The van der Waals surface area contributed by atoms with Gasteiger partial charge < -0.3 is 10.6 Å². The van der Waals surface area contributed by atoms with Gasteiger partial charge in [0, 0.05) is 31.9 Å². The average molecular weight is 431 g/mol. The molecule has 28 heavy (non-hydrogen) atoms. The Hall–Kier alpha value is -1.65. The second-order valence-electron chi connectivity index (χ2n) is 7.12. The van der Waals surface area contributed by atoms with E-state index in [9.17, 15) is 16.8 Å². The van der Waals surface area contributed by atoms with Gasteiger partial charge in [-0.05, 0) is 43.9 Å². The van der Waals surface area contributed by atoms with E-state index in [1.165, 1.54) is 16.8 Å². The molecule has 1 heterocycles. The van der Waals surface area contributed by atoms with Crippen molar-refractivity contribution < 1.29 is 16.8 Å². The number of benzene rings is 1. The molecule has 0 aromatic heterocycles. The highest BCUT2D eigenvalue weighted by atomic mass is 32.2. The molecule has 1 aromatic rings. The first-order valence-corrected chi connectivity index (χ1v) is 13.0. The molecule has 0 aliphatic carbocycles. The van der Waals surface area contributed by atoms with Crippen molar-refractivity contribution in [1.82, 2.24) is 14.9 Å². The van der Waals surface area contributed by atoms with Gasteiger partial charge in [0.15, 0.2) is 15.8 Å². The monoisotopic (exact) mass is 430 g/mol. The number of guanidine groups is 1. The minimum atomic E-state index is -3.24. The Morgan fingerprint density at radius 3 is 2.50 bits per heavy atom. The largest absolute Gasteiger partial charge is 0.357 e. The van der Waals surface area contributed by atoms with Crippen LogP contribution >= 0.6 is 0 Å². The smallest absolute Gasteiger partial charge is 0.211 e. The first-order chi connectivity index (χ1) is 13.0. The summed E-state index contributed by atoms with van der Waals surface area (Å²) in [6.45, 7) is 5.85. The zero-order valence-corrected chi connectivity index (χ0v) is 18.5. The number of aliphatic imine (C=N–C) groups is 1. The predicted octanol–water partition coefficient (Wildman–Crippen LogP) is 0.878. The zero-order chi connectivity index (χ0) is 20.9. The van der Waals surface area contributed by atoms with E-state index in [-0.39, 0.29) is 6.04 Å². The Labute approximate surface area is 168 Å². The van der Waals surface area contributed by atoms with Crippen LogP contribution in [0, 0.1) is 6.92 Å². The van der Waals surface area contributed by atoms with Crippen LogP contribution in [-0.2, 0) is 26.4 Å². The number of sulfone groups is 1. The van der Waals surface area contributed by atoms with Gasteiger partial charge in [0.05, 0.1) is 17.7 Å². The maximum Gasteiger partial charge on any atom is 0.211 e. The second-order valence-corrected chi connectivity index (χ2v) is 11.0. The van der Waals surface area contributed by atoms with E-state index < -0.39 is 19.9 Å². The summed E-state index contributed by atoms with van der Waals surface area (Å²) in [4.78, 5) is 4.87. The van der Waals surface area contributed by atoms with Crippen LogP contribution in [0.2, 0.25) is 0 Å². The van der Waals surface area contributed by atoms with Crippen molar-refractivity contribution in [2.75, 3.05) is 32.1 Å². The molecule has 2 rings (SSSR count). The topological polar surface area (TPSA) is 108 Å². The lowest BCUT2D eigenvalue weighted by atomic mass is 10.1.